The molecule has 0 aliphatic carbocycles. The van der Waals surface area contributed by atoms with E-state index in [1.54, 1.807) is 0 Å². The van der Waals surface area contributed by atoms with E-state index in [0.717, 1.165) is 19.5 Å². The smallest absolute Gasteiger partial charge is 0.240 e. The molecule has 1 amide bonds. The molecular formula is C13H29N3O. The Morgan fingerprint density at radius 1 is 1.24 bits per heavy atom. The Labute approximate surface area is 106 Å². The lowest BCUT2D eigenvalue weighted by Crippen LogP contribution is -2.52. The average Bonchev–Trinajstić information content (AvgIpc) is 2.26. The highest BCUT2D eigenvalue weighted by molar-refractivity contribution is 5.82. The quantitative estimate of drug-likeness (QED) is 0.730. The Kier molecular flexibility index (Phi) is 7.39. The number of nitrogens with zero attached hydrogens (tertiary/aromatic N) is 2. The summed E-state index contributed by atoms with van der Waals surface area (Å²) in [5, 5.41) is 0. The highest BCUT2D eigenvalue weighted by Gasteiger charge is 2.27. The summed E-state index contributed by atoms with van der Waals surface area (Å²) in [7, 11) is 4.03. The minimum Gasteiger partial charge on any atom is -0.338 e. The van der Waals surface area contributed by atoms with E-state index in [-0.39, 0.29) is 23.9 Å². The standard InChI is InChI=1S/C13H29N3O/c1-7-10(3)12(14)13(17)16(8-2)11(4)9-15(5)6/h10-12H,7-9,14H2,1-6H3. The fourth-order valence-electron chi connectivity index (χ4n) is 2.00. The first-order chi connectivity index (χ1) is 7.84. The lowest BCUT2D eigenvalue weighted by atomic mass is 9.98. The van der Waals surface area contributed by atoms with Crippen molar-refractivity contribution in [1.82, 2.24) is 9.80 Å². The van der Waals surface area contributed by atoms with Crippen LogP contribution in [0.4, 0.5) is 0 Å². The van der Waals surface area contributed by atoms with Crippen LogP contribution in [-0.2, 0) is 4.79 Å². The molecule has 0 aromatic heterocycles. The molecule has 3 atom stereocenters. The van der Waals surface area contributed by atoms with Gasteiger partial charge in [-0.25, -0.2) is 0 Å². The van der Waals surface area contributed by atoms with E-state index in [1.165, 1.54) is 0 Å². The first-order valence-corrected chi connectivity index (χ1v) is 6.55. The second-order valence-corrected chi connectivity index (χ2v) is 5.15. The molecule has 4 nitrogen and oxygen atoms in total. The summed E-state index contributed by atoms with van der Waals surface area (Å²) in [6.45, 7) is 9.77. The number of nitrogens with two attached hydrogens (primary N) is 1. The number of carbonyl (C=O) groups excluding carboxylic acids is 1. The lowest BCUT2D eigenvalue weighted by molar-refractivity contribution is -0.135. The molecule has 4 heteroatoms. The molecule has 0 aromatic rings. The van der Waals surface area contributed by atoms with Crippen LogP contribution in [-0.4, -0.2) is 55.0 Å². The molecule has 0 saturated carbocycles. The number of amides is 1. The second kappa shape index (κ2) is 7.67. The lowest BCUT2D eigenvalue weighted by Gasteiger charge is -2.33. The SMILES string of the molecule is CCC(C)C(N)C(=O)N(CC)C(C)CN(C)C. The molecule has 0 rings (SSSR count). The maximum Gasteiger partial charge on any atom is 0.240 e. The Hall–Kier alpha value is -0.610. The summed E-state index contributed by atoms with van der Waals surface area (Å²) in [5.41, 5.74) is 6.01. The summed E-state index contributed by atoms with van der Waals surface area (Å²) in [6, 6.07) is -0.165. The summed E-state index contributed by atoms with van der Waals surface area (Å²) in [5.74, 6) is 0.319. The van der Waals surface area contributed by atoms with Gasteiger partial charge in [-0.2, -0.15) is 0 Å². The molecule has 0 radical (unpaired) electrons. The van der Waals surface area contributed by atoms with Crippen molar-refractivity contribution in [2.75, 3.05) is 27.2 Å². The van der Waals surface area contributed by atoms with Crippen molar-refractivity contribution >= 4 is 5.91 Å². The summed E-state index contributed by atoms with van der Waals surface area (Å²) in [6.07, 6.45) is 0.937. The molecular weight excluding hydrogens is 214 g/mol. The first kappa shape index (κ1) is 16.4. The van der Waals surface area contributed by atoms with Gasteiger partial charge in [-0.3, -0.25) is 4.79 Å². The molecule has 3 unspecified atom stereocenters. The van der Waals surface area contributed by atoms with Gasteiger partial charge in [0.25, 0.3) is 0 Å². The maximum absolute atomic E-state index is 12.3. The van der Waals surface area contributed by atoms with E-state index >= 15 is 0 Å². The van der Waals surface area contributed by atoms with E-state index < -0.39 is 0 Å². The van der Waals surface area contributed by atoms with E-state index in [1.807, 2.05) is 32.8 Å². The van der Waals surface area contributed by atoms with Gasteiger partial charge in [-0.05, 0) is 33.9 Å². The van der Waals surface area contributed by atoms with Gasteiger partial charge in [-0.1, -0.05) is 20.3 Å². The van der Waals surface area contributed by atoms with Crippen LogP contribution in [0, 0.1) is 5.92 Å². The molecule has 0 aliphatic heterocycles. The van der Waals surface area contributed by atoms with Crippen molar-refractivity contribution < 1.29 is 4.79 Å². The number of carbonyl (C=O) groups is 1. The van der Waals surface area contributed by atoms with Crippen LogP contribution >= 0.6 is 0 Å². The summed E-state index contributed by atoms with van der Waals surface area (Å²) >= 11 is 0. The largest absolute Gasteiger partial charge is 0.338 e. The third-order valence-electron chi connectivity index (χ3n) is 3.33. The Morgan fingerprint density at radius 3 is 2.12 bits per heavy atom. The molecule has 0 bridgehead atoms. The zero-order valence-electron chi connectivity index (χ0n) is 12.2. The van der Waals surface area contributed by atoms with Crippen LogP contribution in [0.3, 0.4) is 0 Å². The van der Waals surface area contributed by atoms with Crippen molar-refractivity contribution in [3.8, 4) is 0 Å². The van der Waals surface area contributed by atoms with E-state index in [0.29, 0.717) is 0 Å². The van der Waals surface area contributed by atoms with Gasteiger partial charge < -0.3 is 15.5 Å². The fraction of sp³-hybridized carbons (Fsp3) is 0.923. The number of hydrogen-bond acceptors (Lipinski definition) is 3. The normalized spacial score (nSPS) is 16.7. The van der Waals surface area contributed by atoms with Gasteiger partial charge in [0.2, 0.25) is 5.91 Å². The fourth-order valence-corrected chi connectivity index (χ4v) is 2.00. The molecule has 17 heavy (non-hydrogen) atoms. The molecule has 0 aromatic carbocycles. The minimum absolute atomic E-state index is 0.0798. The zero-order chi connectivity index (χ0) is 13.6. The number of likely N-dealkylation sites (N-methyl/N-ethyl adjacent to an activating group) is 2. The van der Waals surface area contributed by atoms with Gasteiger partial charge in [-0.15, -0.1) is 0 Å². The van der Waals surface area contributed by atoms with Crippen LogP contribution in [0.2, 0.25) is 0 Å². The van der Waals surface area contributed by atoms with Crippen molar-refractivity contribution in [3.63, 3.8) is 0 Å². The molecule has 0 fully saturated rings. The van der Waals surface area contributed by atoms with Gasteiger partial charge in [0.15, 0.2) is 0 Å². The van der Waals surface area contributed by atoms with Crippen LogP contribution in [0.1, 0.15) is 34.1 Å². The van der Waals surface area contributed by atoms with Crippen molar-refractivity contribution in [3.05, 3.63) is 0 Å². The number of rotatable bonds is 7. The Bertz CT molecular complexity index is 231. The highest BCUT2D eigenvalue weighted by atomic mass is 16.2. The van der Waals surface area contributed by atoms with E-state index in [4.69, 9.17) is 5.73 Å². The van der Waals surface area contributed by atoms with Crippen molar-refractivity contribution in [1.29, 1.82) is 0 Å². The monoisotopic (exact) mass is 243 g/mol. The molecule has 0 aliphatic rings. The first-order valence-electron chi connectivity index (χ1n) is 6.55. The minimum atomic E-state index is -0.371. The van der Waals surface area contributed by atoms with Gasteiger partial charge in [0.1, 0.15) is 0 Å². The van der Waals surface area contributed by atoms with E-state index in [9.17, 15) is 4.79 Å². The van der Waals surface area contributed by atoms with Crippen LogP contribution in [0.15, 0.2) is 0 Å². The molecule has 102 valence electrons. The predicted molar refractivity (Wildman–Crippen MR) is 72.8 cm³/mol. The van der Waals surface area contributed by atoms with Crippen LogP contribution in [0.5, 0.6) is 0 Å². The van der Waals surface area contributed by atoms with Crippen LogP contribution < -0.4 is 5.73 Å². The zero-order valence-corrected chi connectivity index (χ0v) is 12.2. The summed E-state index contributed by atoms with van der Waals surface area (Å²) < 4.78 is 0. The Balaban J connectivity index is 4.59. The highest BCUT2D eigenvalue weighted by Crippen LogP contribution is 2.11. The second-order valence-electron chi connectivity index (χ2n) is 5.15. The maximum atomic E-state index is 12.3. The van der Waals surface area contributed by atoms with E-state index in [2.05, 4.69) is 18.7 Å². The Morgan fingerprint density at radius 2 is 1.76 bits per heavy atom. The van der Waals surface area contributed by atoms with Gasteiger partial charge in [0, 0.05) is 19.1 Å². The van der Waals surface area contributed by atoms with Gasteiger partial charge >= 0.3 is 0 Å². The molecule has 0 heterocycles. The molecule has 0 saturated heterocycles. The summed E-state index contributed by atoms with van der Waals surface area (Å²) in [4.78, 5) is 16.3. The third-order valence-corrected chi connectivity index (χ3v) is 3.33. The predicted octanol–water partition coefficient (Wildman–Crippen LogP) is 1.16. The van der Waals surface area contributed by atoms with Gasteiger partial charge in [0.05, 0.1) is 6.04 Å². The van der Waals surface area contributed by atoms with Crippen molar-refractivity contribution in [2.24, 2.45) is 11.7 Å². The van der Waals surface area contributed by atoms with Crippen LogP contribution in [0.25, 0.3) is 0 Å². The third kappa shape index (κ3) is 5.04. The average molecular weight is 243 g/mol. The van der Waals surface area contributed by atoms with Crippen molar-refractivity contribution in [2.45, 2.75) is 46.2 Å². The molecule has 0 spiro atoms. The number of hydrogen-bond donors (Lipinski definition) is 1. The topological polar surface area (TPSA) is 49.6 Å². The molecule has 2 N–H and O–H groups in total.